The van der Waals surface area contributed by atoms with Crippen molar-refractivity contribution in [3.8, 4) is 6.07 Å². The summed E-state index contributed by atoms with van der Waals surface area (Å²) in [7, 11) is 0. The van der Waals surface area contributed by atoms with E-state index < -0.39 is 13.4 Å². The summed E-state index contributed by atoms with van der Waals surface area (Å²) in [4.78, 5) is 1.27. The highest BCUT2D eigenvalue weighted by Gasteiger charge is 2.27. The second-order valence-electron chi connectivity index (χ2n) is 3.21. The number of nitriles is 1. The first kappa shape index (κ1) is 12.3. The van der Waals surface area contributed by atoms with Gasteiger partial charge in [-0.25, -0.2) is 0 Å². The first-order valence-electron chi connectivity index (χ1n) is 4.19. The summed E-state index contributed by atoms with van der Waals surface area (Å²) in [5.41, 5.74) is 0. The largest absolute Gasteiger partial charge is 0.492 e. The van der Waals surface area contributed by atoms with Crippen molar-refractivity contribution in [2.75, 3.05) is 13.0 Å². The quantitative estimate of drug-likeness (QED) is 0.624. The Kier molecular flexibility index (Phi) is 4.85. The maximum atomic E-state index is 12.0. The van der Waals surface area contributed by atoms with E-state index in [1.807, 2.05) is 6.07 Å². The molecule has 2 nitrogen and oxygen atoms in total. The Morgan fingerprint density at radius 3 is 2.23 bits per heavy atom. The fourth-order valence-corrected chi connectivity index (χ4v) is 1.02. The Morgan fingerprint density at radius 2 is 1.92 bits per heavy atom. The van der Waals surface area contributed by atoms with Gasteiger partial charge in [0.2, 0.25) is 0 Å². The molecule has 0 radical (unpaired) electrons. The molecule has 0 heterocycles. The molecule has 0 saturated heterocycles. The molecule has 0 amide bonds. The number of nitrogens with zero attached hydrogens (tertiary/aromatic N) is 2. The van der Waals surface area contributed by atoms with Crippen molar-refractivity contribution in [1.82, 2.24) is 4.90 Å². The molecule has 0 aliphatic carbocycles. The van der Waals surface area contributed by atoms with E-state index in [2.05, 4.69) is 0 Å². The third-order valence-electron chi connectivity index (χ3n) is 1.68. The zero-order chi connectivity index (χ0) is 10.5. The van der Waals surface area contributed by atoms with Gasteiger partial charge in [-0.2, -0.15) is 5.26 Å². The average molecular weight is 193 g/mol. The van der Waals surface area contributed by atoms with Crippen LogP contribution in [0.2, 0.25) is 0 Å². The van der Waals surface area contributed by atoms with Gasteiger partial charge in [-0.1, -0.05) is 0 Å². The monoisotopic (exact) mass is 193 g/mol. The van der Waals surface area contributed by atoms with Gasteiger partial charge in [-0.3, -0.25) is 0 Å². The summed E-state index contributed by atoms with van der Waals surface area (Å²) >= 11 is 0. The molecule has 0 unspecified atom stereocenters. The van der Waals surface area contributed by atoms with Gasteiger partial charge in [-0.15, -0.1) is 0 Å². The maximum Gasteiger partial charge on any atom is 0.492 e. The molecule has 0 aromatic heterocycles. The van der Waals surface area contributed by atoms with Crippen LogP contribution in [-0.4, -0.2) is 30.9 Å². The highest BCUT2D eigenvalue weighted by Crippen LogP contribution is 2.12. The number of rotatable bonds is 5. The number of hydrogen-bond donors (Lipinski definition) is 0. The van der Waals surface area contributed by atoms with Gasteiger partial charge in [0.15, 0.2) is 0 Å². The zero-order valence-electron chi connectivity index (χ0n) is 7.80. The predicted octanol–water partition coefficient (Wildman–Crippen LogP) is 2.00. The summed E-state index contributed by atoms with van der Waals surface area (Å²) in [6, 6.07) is 1.67. The van der Waals surface area contributed by atoms with Gasteiger partial charge in [0.1, 0.15) is 0 Å². The molecule has 0 rings (SSSR count). The van der Waals surface area contributed by atoms with Crippen molar-refractivity contribution in [3.63, 3.8) is 0 Å². The van der Waals surface area contributed by atoms with Crippen LogP contribution in [0.15, 0.2) is 0 Å². The van der Waals surface area contributed by atoms with Crippen LogP contribution in [0.5, 0.6) is 0 Å². The smallest absolute Gasteiger partial charge is 0.448 e. The fraction of sp³-hybridized carbons (Fsp3) is 0.857. The summed E-state index contributed by atoms with van der Waals surface area (Å²) in [5, 5.41) is 8.24. The summed E-state index contributed by atoms with van der Waals surface area (Å²) in [6.07, 6.45) is -0.732. The Bertz CT molecular complexity index is 185. The molecule has 0 N–H and O–H groups in total. The molecule has 0 saturated carbocycles. The Balaban J connectivity index is 4.04. The van der Waals surface area contributed by atoms with Gasteiger partial charge in [-0.05, 0) is 20.3 Å². The molecule has 0 aliphatic heterocycles. The second-order valence-corrected chi connectivity index (χ2v) is 3.21. The lowest BCUT2D eigenvalue weighted by atomic mass is 9.90. The molecule has 0 fully saturated rings. The average Bonchev–Trinajstić information content (AvgIpc) is 1.95. The normalized spacial score (nSPS) is 12.2. The van der Waals surface area contributed by atoms with Gasteiger partial charge < -0.3 is 17.8 Å². The van der Waals surface area contributed by atoms with Gasteiger partial charge in [0.25, 0.3) is 0 Å². The van der Waals surface area contributed by atoms with E-state index in [0.717, 1.165) is 0 Å². The van der Waals surface area contributed by atoms with Crippen molar-refractivity contribution in [2.45, 2.75) is 26.3 Å². The Labute approximate surface area is 76.4 Å². The van der Waals surface area contributed by atoms with Gasteiger partial charge in [0, 0.05) is 19.0 Å². The molecule has 0 aromatic carbocycles. The van der Waals surface area contributed by atoms with E-state index in [4.69, 9.17) is 5.26 Å². The van der Waals surface area contributed by atoms with E-state index >= 15 is 0 Å². The van der Waals surface area contributed by atoms with E-state index in [1.165, 1.54) is 4.90 Å². The molecule has 0 atom stereocenters. The maximum absolute atomic E-state index is 12.0. The van der Waals surface area contributed by atoms with Crippen molar-refractivity contribution in [1.29, 1.82) is 5.26 Å². The van der Waals surface area contributed by atoms with Crippen LogP contribution in [0.25, 0.3) is 0 Å². The van der Waals surface area contributed by atoms with Crippen LogP contribution >= 0.6 is 0 Å². The zero-order valence-corrected chi connectivity index (χ0v) is 7.80. The lowest BCUT2D eigenvalue weighted by molar-refractivity contribution is 0.235. The van der Waals surface area contributed by atoms with Crippen LogP contribution in [0.3, 0.4) is 0 Å². The van der Waals surface area contributed by atoms with Crippen LogP contribution in [0.4, 0.5) is 12.9 Å². The van der Waals surface area contributed by atoms with Crippen LogP contribution < -0.4 is 0 Å². The lowest BCUT2D eigenvalue weighted by Crippen LogP contribution is -2.42. The second kappa shape index (κ2) is 5.13. The fourth-order valence-electron chi connectivity index (χ4n) is 1.02. The van der Waals surface area contributed by atoms with Crippen molar-refractivity contribution in [3.05, 3.63) is 0 Å². The van der Waals surface area contributed by atoms with Crippen molar-refractivity contribution < 1.29 is 12.9 Å². The molecule has 6 heteroatoms. The standard InChI is InChI=1S/C7H13BF3N2/c1-7(2)13(5-3-4-12)6-8(9,10)11/h7H,3,5-6H2,1-2H3/q-1. The van der Waals surface area contributed by atoms with Crippen molar-refractivity contribution >= 4 is 6.98 Å². The molecular formula is C7H13BF3N2-. The Hall–Kier alpha value is -0.695. The first-order valence-corrected chi connectivity index (χ1v) is 4.19. The minimum absolute atomic E-state index is 0.143. The molecule has 0 bridgehead atoms. The topological polar surface area (TPSA) is 27.0 Å². The molecule has 76 valence electrons. The summed E-state index contributed by atoms with van der Waals surface area (Å²) in [5.74, 6) is 0. The van der Waals surface area contributed by atoms with E-state index in [0.29, 0.717) is 0 Å². The molecule has 0 spiro atoms. The van der Waals surface area contributed by atoms with E-state index in [-0.39, 0.29) is 19.0 Å². The summed E-state index contributed by atoms with van der Waals surface area (Å²) in [6.45, 7) is -1.20. The SMILES string of the molecule is CC(C)N(CCC#N)C[B-](F)(F)F. The number of hydrogen-bond acceptors (Lipinski definition) is 2. The van der Waals surface area contributed by atoms with Gasteiger partial charge >= 0.3 is 6.98 Å². The van der Waals surface area contributed by atoms with E-state index in [1.54, 1.807) is 13.8 Å². The van der Waals surface area contributed by atoms with Crippen LogP contribution in [-0.2, 0) is 0 Å². The van der Waals surface area contributed by atoms with Crippen LogP contribution in [0.1, 0.15) is 20.3 Å². The predicted molar refractivity (Wildman–Crippen MR) is 46.0 cm³/mol. The highest BCUT2D eigenvalue weighted by molar-refractivity contribution is 6.58. The molecule has 0 aromatic rings. The first-order chi connectivity index (χ1) is 5.87. The highest BCUT2D eigenvalue weighted by atomic mass is 19.4. The number of halogens is 3. The van der Waals surface area contributed by atoms with Crippen molar-refractivity contribution in [2.24, 2.45) is 0 Å². The molecule has 0 aliphatic rings. The van der Waals surface area contributed by atoms with E-state index in [9.17, 15) is 12.9 Å². The van der Waals surface area contributed by atoms with Gasteiger partial charge in [0.05, 0.1) is 6.07 Å². The molecular weight excluding hydrogens is 180 g/mol. The third kappa shape index (κ3) is 6.46. The Morgan fingerprint density at radius 1 is 1.38 bits per heavy atom. The minimum Gasteiger partial charge on any atom is -0.448 e. The molecule has 13 heavy (non-hydrogen) atoms. The third-order valence-corrected chi connectivity index (χ3v) is 1.68. The minimum atomic E-state index is -4.78. The summed E-state index contributed by atoms with van der Waals surface area (Å²) < 4.78 is 36.1. The lowest BCUT2D eigenvalue weighted by Gasteiger charge is -2.30. The van der Waals surface area contributed by atoms with Crippen LogP contribution in [0, 0.1) is 11.3 Å².